The fraction of sp³-hybridized carbons (Fsp3) is 0.750. The fourth-order valence-electron chi connectivity index (χ4n) is 1.30. The van der Waals surface area contributed by atoms with Crippen LogP contribution in [0.25, 0.3) is 0 Å². The van der Waals surface area contributed by atoms with Crippen molar-refractivity contribution < 1.29 is 0 Å². The molecule has 1 heterocycles. The Bertz CT molecular complexity index is 456. The summed E-state index contributed by atoms with van der Waals surface area (Å²) in [5.74, 6) is 0. The monoisotopic (exact) mass is 303 g/mol. The van der Waals surface area contributed by atoms with Gasteiger partial charge < -0.3 is 0 Å². The number of halogens is 3. The van der Waals surface area contributed by atoms with E-state index in [2.05, 4.69) is 12.0 Å². The van der Waals surface area contributed by atoms with Gasteiger partial charge in [-0.25, -0.2) is 14.6 Å². The number of hydrogen-bond donors (Lipinski definition) is 1. The van der Waals surface area contributed by atoms with Crippen LogP contribution in [0.3, 0.4) is 0 Å². The second-order valence-electron chi connectivity index (χ2n) is 3.36. The van der Waals surface area contributed by atoms with Gasteiger partial charge in [0.1, 0.15) is 0 Å². The maximum Gasteiger partial charge on any atom is 0.342 e. The molecule has 0 spiro atoms. The van der Waals surface area contributed by atoms with Gasteiger partial charge >= 0.3 is 5.69 Å². The number of hydrogen-bond acceptors (Lipinski definition) is 2. The highest BCUT2D eigenvalue weighted by molar-refractivity contribution is 7.71. The van der Waals surface area contributed by atoms with Crippen LogP contribution in [-0.2, 0) is 10.5 Å². The topological polar surface area (TPSA) is 42.7 Å². The van der Waals surface area contributed by atoms with Crippen LogP contribution >= 0.6 is 47.0 Å². The van der Waals surface area contributed by atoms with Crippen LogP contribution in [0.15, 0.2) is 4.79 Å². The van der Waals surface area contributed by atoms with Gasteiger partial charge in [0.25, 0.3) is 3.92 Å². The molecule has 0 unspecified atom stereocenters. The molecule has 0 atom stereocenters. The highest BCUT2D eigenvalue weighted by Gasteiger charge is 2.25. The number of alkyl halides is 3. The molecule has 0 aliphatic carbocycles. The summed E-state index contributed by atoms with van der Waals surface area (Å²) in [4.78, 5) is 11.5. The smallest absolute Gasteiger partial charge is 0.268 e. The third-order valence-corrected chi connectivity index (χ3v) is 3.02. The molecule has 0 bridgehead atoms. The number of H-pyrrole nitrogens is 1. The molecule has 0 aliphatic rings. The molecule has 0 aliphatic heterocycles. The summed E-state index contributed by atoms with van der Waals surface area (Å²) in [6.07, 6.45) is 2.97. The lowest BCUT2D eigenvalue weighted by Gasteiger charge is -2.10. The van der Waals surface area contributed by atoms with Gasteiger partial charge in [-0.1, -0.05) is 54.6 Å². The third kappa shape index (κ3) is 3.26. The average molecular weight is 305 g/mol. The molecule has 0 saturated carbocycles. The number of unbranched alkanes of at least 4 members (excludes halogenated alkanes) is 2. The Morgan fingerprint density at radius 3 is 2.44 bits per heavy atom. The Balaban J connectivity index is 3.00. The van der Waals surface area contributed by atoms with Gasteiger partial charge in [0.05, 0.1) is 0 Å². The predicted molar refractivity (Wildman–Crippen MR) is 68.9 cm³/mol. The van der Waals surface area contributed by atoms with Crippen molar-refractivity contribution in [1.82, 2.24) is 14.3 Å². The molecule has 4 nitrogen and oxygen atoms in total. The SMILES string of the molecule is CCCCCn1c(=O)[nH]n(C(Cl)(Cl)Cl)c1=S. The molecule has 0 fully saturated rings. The molecule has 0 saturated heterocycles. The van der Waals surface area contributed by atoms with E-state index in [0.29, 0.717) is 6.54 Å². The molecule has 1 rings (SSSR count). The Labute approximate surface area is 113 Å². The summed E-state index contributed by atoms with van der Waals surface area (Å²) in [7, 11) is 0. The maximum atomic E-state index is 11.5. The zero-order chi connectivity index (χ0) is 12.3. The normalized spacial score (nSPS) is 12.0. The Hall–Kier alpha value is 0.0300. The lowest BCUT2D eigenvalue weighted by molar-refractivity contribution is 0.575. The Morgan fingerprint density at radius 1 is 1.38 bits per heavy atom. The number of aromatic nitrogens is 3. The van der Waals surface area contributed by atoms with E-state index in [9.17, 15) is 4.79 Å². The van der Waals surface area contributed by atoms with Gasteiger partial charge in [-0.3, -0.25) is 4.57 Å². The first-order valence-electron chi connectivity index (χ1n) is 4.87. The second kappa shape index (κ2) is 5.58. The maximum absolute atomic E-state index is 11.5. The minimum absolute atomic E-state index is 0.195. The third-order valence-electron chi connectivity index (χ3n) is 2.11. The van der Waals surface area contributed by atoms with Crippen molar-refractivity contribution in [3.63, 3.8) is 0 Å². The molecule has 0 aromatic carbocycles. The van der Waals surface area contributed by atoms with E-state index >= 15 is 0 Å². The Morgan fingerprint density at radius 2 is 2.00 bits per heavy atom. The van der Waals surface area contributed by atoms with Crippen molar-refractivity contribution in [2.45, 2.75) is 36.6 Å². The molecule has 0 radical (unpaired) electrons. The molecular weight excluding hydrogens is 293 g/mol. The summed E-state index contributed by atoms with van der Waals surface area (Å²) in [6, 6.07) is 0. The van der Waals surface area contributed by atoms with Crippen molar-refractivity contribution in [2.75, 3.05) is 0 Å². The van der Waals surface area contributed by atoms with Crippen LogP contribution in [0.1, 0.15) is 26.2 Å². The Kier molecular flexibility index (Phi) is 4.91. The number of rotatable bonds is 4. The van der Waals surface area contributed by atoms with Gasteiger partial charge in [-0.2, -0.15) is 0 Å². The number of nitrogens with one attached hydrogen (secondary N) is 1. The highest BCUT2D eigenvalue weighted by atomic mass is 35.6. The van der Waals surface area contributed by atoms with Crippen molar-refractivity contribution in [3.8, 4) is 0 Å². The van der Waals surface area contributed by atoms with Gasteiger partial charge in [0, 0.05) is 6.54 Å². The van der Waals surface area contributed by atoms with E-state index in [4.69, 9.17) is 47.0 Å². The number of nitrogens with zero attached hydrogens (tertiary/aromatic N) is 2. The van der Waals surface area contributed by atoms with E-state index in [1.807, 2.05) is 0 Å². The molecule has 0 amide bonds. The first-order valence-corrected chi connectivity index (χ1v) is 6.41. The zero-order valence-electron chi connectivity index (χ0n) is 8.67. The largest absolute Gasteiger partial charge is 0.342 e. The van der Waals surface area contributed by atoms with Gasteiger partial charge in [-0.15, -0.1) is 0 Å². The fourth-order valence-corrected chi connectivity index (χ4v) is 2.17. The average Bonchev–Trinajstić information content (AvgIpc) is 2.44. The summed E-state index contributed by atoms with van der Waals surface area (Å²) in [5, 5.41) is 2.40. The van der Waals surface area contributed by atoms with Crippen molar-refractivity contribution in [2.24, 2.45) is 0 Å². The second-order valence-corrected chi connectivity index (χ2v) is 5.95. The van der Waals surface area contributed by atoms with Crippen molar-refractivity contribution >= 4 is 47.0 Å². The van der Waals surface area contributed by atoms with E-state index in [1.165, 1.54) is 4.57 Å². The van der Waals surface area contributed by atoms with Crippen LogP contribution in [0.2, 0.25) is 0 Å². The van der Waals surface area contributed by atoms with E-state index < -0.39 is 3.92 Å². The van der Waals surface area contributed by atoms with E-state index in [1.54, 1.807) is 0 Å². The van der Waals surface area contributed by atoms with Crippen molar-refractivity contribution in [3.05, 3.63) is 15.3 Å². The molecule has 16 heavy (non-hydrogen) atoms. The number of aromatic amines is 1. The summed E-state index contributed by atoms with van der Waals surface area (Å²) in [6.45, 7) is 2.62. The van der Waals surface area contributed by atoms with Gasteiger partial charge in [-0.05, 0) is 18.6 Å². The predicted octanol–water partition coefficient (Wildman–Crippen LogP) is 3.18. The van der Waals surface area contributed by atoms with E-state index in [0.717, 1.165) is 23.9 Å². The molecular formula is C8H12Cl3N3OS. The van der Waals surface area contributed by atoms with Crippen LogP contribution in [0, 0.1) is 4.77 Å². The molecule has 1 aromatic rings. The van der Waals surface area contributed by atoms with Crippen LogP contribution < -0.4 is 5.69 Å². The van der Waals surface area contributed by atoms with Gasteiger partial charge in [0.2, 0.25) is 4.77 Å². The summed E-state index contributed by atoms with van der Waals surface area (Å²) in [5.41, 5.74) is -0.354. The molecule has 92 valence electrons. The highest BCUT2D eigenvalue weighted by Crippen LogP contribution is 2.31. The zero-order valence-corrected chi connectivity index (χ0v) is 11.8. The molecule has 1 N–H and O–H groups in total. The standard InChI is InChI=1S/C8H12Cl3N3OS/c1-2-3-4-5-13-6(15)12-14(7(13)16)8(9,10)11/h2-5H2,1H3,(H,12,15). The molecule has 1 aromatic heterocycles. The lowest BCUT2D eigenvalue weighted by atomic mass is 10.2. The first-order chi connectivity index (χ1) is 7.38. The summed E-state index contributed by atoms with van der Waals surface area (Å²) >= 11 is 22.0. The van der Waals surface area contributed by atoms with Gasteiger partial charge in [0.15, 0.2) is 0 Å². The van der Waals surface area contributed by atoms with E-state index in [-0.39, 0.29) is 10.5 Å². The molecule has 8 heteroatoms. The van der Waals surface area contributed by atoms with Crippen molar-refractivity contribution in [1.29, 1.82) is 0 Å². The quantitative estimate of drug-likeness (QED) is 0.527. The lowest BCUT2D eigenvalue weighted by Crippen LogP contribution is -2.18. The van der Waals surface area contributed by atoms with Crippen LogP contribution in [-0.4, -0.2) is 14.3 Å². The minimum atomic E-state index is -1.76. The van der Waals surface area contributed by atoms with Crippen LogP contribution in [0.5, 0.6) is 0 Å². The minimum Gasteiger partial charge on any atom is -0.268 e. The van der Waals surface area contributed by atoms with Crippen LogP contribution in [0.4, 0.5) is 0 Å². The summed E-state index contributed by atoms with van der Waals surface area (Å²) < 4.78 is 0.890. The first kappa shape index (κ1) is 14.1.